The lowest BCUT2D eigenvalue weighted by molar-refractivity contribution is -0.129. The van der Waals surface area contributed by atoms with E-state index in [0.29, 0.717) is 13.1 Å². The van der Waals surface area contributed by atoms with E-state index >= 15 is 0 Å². The molecule has 0 saturated heterocycles. The largest absolute Gasteiger partial charge is 0.337 e. The number of nitrogens with zero attached hydrogens (tertiary/aromatic N) is 1. The van der Waals surface area contributed by atoms with Crippen molar-refractivity contribution < 1.29 is 4.79 Å². The van der Waals surface area contributed by atoms with Crippen molar-refractivity contribution in [3.63, 3.8) is 0 Å². The van der Waals surface area contributed by atoms with Gasteiger partial charge < -0.3 is 4.90 Å². The monoisotopic (exact) mass is 192 g/mol. The molecule has 0 atom stereocenters. The van der Waals surface area contributed by atoms with E-state index in [9.17, 15) is 4.79 Å². The van der Waals surface area contributed by atoms with Gasteiger partial charge in [0.05, 0.1) is 13.1 Å². The summed E-state index contributed by atoms with van der Waals surface area (Å²) in [6.07, 6.45) is 8.21. The number of carbonyl (C=O) groups excluding carboxylic acids is 1. The maximum Gasteiger partial charge on any atom is 0.236 e. The third-order valence-corrected chi connectivity index (χ3v) is 2.19. The van der Waals surface area contributed by atoms with E-state index in [2.05, 4.69) is 17.3 Å². The molecule has 0 unspecified atom stereocenters. The molecule has 1 heterocycles. The van der Waals surface area contributed by atoms with E-state index in [1.54, 1.807) is 0 Å². The number of terminal acetylenes is 1. The summed E-state index contributed by atoms with van der Waals surface area (Å²) in [5.74, 6) is 2.57. The molecule has 0 bridgehead atoms. The third-order valence-electron chi connectivity index (χ3n) is 2.19. The molecular formula is C11H16N2O. The minimum Gasteiger partial charge on any atom is -0.337 e. The molecule has 0 spiro atoms. The van der Waals surface area contributed by atoms with Crippen LogP contribution in [0.1, 0.15) is 13.3 Å². The summed E-state index contributed by atoms with van der Waals surface area (Å²) < 4.78 is 0. The number of carbonyl (C=O) groups is 1. The molecule has 1 N–H and O–H groups in total. The van der Waals surface area contributed by atoms with Crippen LogP contribution in [0.2, 0.25) is 0 Å². The second-order valence-electron chi connectivity index (χ2n) is 3.46. The summed E-state index contributed by atoms with van der Waals surface area (Å²) in [4.78, 5) is 13.4. The molecule has 0 aliphatic carbocycles. The van der Waals surface area contributed by atoms with Gasteiger partial charge in [0.15, 0.2) is 0 Å². The SMILES string of the molecule is C#CCNCC(=O)N1CCC=C(C)C1. The van der Waals surface area contributed by atoms with Crippen molar-refractivity contribution in [3.05, 3.63) is 11.6 Å². The van der Waals surface area contributed by atoms with Gasteiger partial charge in [0.2, 0.25) is 5.91 Å². The lowest BCUT2D eigenvalue weighted by Gasteiger charge is -2.26. The van der Waals surface area contributed by atoms with Crippen LogP contribution in [0, 0.1) is 12.3 Å². The summed E-state index contributed by atoms with van der Waals surface area (Å²) in [5.41, 5.74) is 1.27. The zero-order valence-electron chi connectivity index (χ0n) is 8.55. The summed E-state index contributed by atoms with van der Waals surface area (Å²) >= 11 is 0. The second kappa shape index (κ2) is 5.46. The molecule has 3 heteroatoms. The highest BCUT2D eigenvalue weighted by Gasteiger charge is 2.15. The molecule has 0 aromatic rings. The fourth-order valence-corrected chi connectivity index (χ4v) is 1.48. The van der Waals surface area contributed by atoms with E-state index in [4.69, 9.17) is 6.42 Å². The quantitative estimate of drug-likeness (QED) is 0.398. The highest BCUT2D eigenvalue weighted by molar-refractivity contribution is 5.78. The number of nitrogens with one attached hydrogen (secondary N) is 1. The number of hydrogen-bond acceptors (Lipinski definition) is 2. The van der Waals surface area contributed by atoms with Crippen molar-refractivity contribution in [2.45, 2.75) is 13.3 Å². The Balaban J connectivity index is 2.31. The van der Waals surface area contributed by atoms with Crippen LogP contribution in [0.4, 0.5) is 0 Å². The molecule has 14 heavy (non-hydrogen) atoms. The van der Waals surface area contributed by atoms with Crippen molar-refractivity contribution in [1.82, 2.24) is 10.2 Å². The van der Waals surface area contributed by atoms with E-state index in [-0.39, 0.29) is 5.91 Å². The van der Waals surface area contributed by atoms with Crippen LogP contribution in [0.25, 0.3) is 0 Å². The van der Waals surface area contributed by atoms with Crippen LogP contribution in [0.15, 0.2) is 11.6 Å². The predicted molar refractivity (Wildman–Crippen MR) is 56.7 cm³/mol. The fourth-order valence-electron chi connectivity index (χ4n) is 1.48. The van der Waals surface area contributed by atoms with Crippen LogP contribution in [-0.2, 0) is 4.79 Å². The Morgan fingerprint density at radius 2 is 2.57 bits per heavy atom. The Bertz CT molecular complexity index is 276. The molecule has 0 saturated carbocycles. The molecule has 1 rings (SSSR count). The molecule has 76 valence electrons. The standard InChI is InChI=1S/C11H16N2O/c1-3-6-12-8-11(14)13-7-4-5-10(2)9-13/h1,5,12H,4,6-9H2,2H3. The lowest BCUT2D eigenvalue weighted by Crippen LogP contribution is -2.41. The third kappa shape index (κ3) is 3.23. The summed E-state index contributed by atoms with van der Waals surface area (Å²) in [7, 11) is 0. The summed E-state index contributed by atoms with van der Waals surface area (Å²) in [6.45, 7) is 4.44. The van der Waals surface area contributed by atoms with Gasteiger partial charge in [-0.05, 0) is 13.3 Å². The second-order valence-corrected chi connectivity index (χ2v) is 3.46. The summed E-state index contributed by atoms with van der Waals surface area (Å²) in [6, 6.07) is 0. The van der Waals surface area contributed by atoms with Gasteiger partial charge in [-0.15, -0.1) is 6.42 Å². The molecule has 1 amide bonds. The van der Waals surface area contributed by atoms with Gasteiger partial charge in [-0.25, -0.2) is 0 Å². The molecule has 1 aliphatic heterocycles. The Kier molecular flexibility index (Phi) is 4.21. The highest BCUT2D eigenvalue weighted by Crippen LogP contribution is 2.08. The first-order valence-electron chi connectivity index (χ1n) is 4.81. The average molecular weight is 192 g/mol. The molecule has 1 aliphatic rings. The molecule has 0 aromatic carbocycles. The van der Waals surface area contributed by atoms with Crippen molar-refractivity contribution in [3.8, 4) is 12.3 Å². The van der Waals surface area contributed by atoms with E-state index in [0.717, 1.165) is 19.5 Å². The van der Waals surface area contributed by atoms with Crippen LogP contribution >= 0.6 is 0 Å². The van der Waals surface area contributed by atoms with Crippen molar-refractivity contribution >= 4 is 5.91 Å². The van der Waals surface area contributed by atoms with Gasteiger partial charge in [-0.3, -0.25) is 10.1 Å². The Morgan fingerprint density at radius 1 is 1.79 bits per heavy atom. The normalized spacial score (nSPS) is 16.0. The van der Waals surface area contributed by atoms with Crippen LogP contribution in [-0.4, -0.2) is 37.0 Å². The zero-order chi connectivity index (χ0) is 10.4. The van der Waals surface area contributed by atoms with Gasteiger partial charge in [-0.2, -0.15) is 0 Å². The predicted octanol–water partition coefficient (Wildman–Crippen LogP) is 0.388. The van der Waals surface area contributed by atoms with Gasteiger partial charge in [0.25, 0.3) is 0 Å². The molecule has 0 radical (unpaired) electrons. The van der Waals surface area contributed by atoms with Crippen molar-refractivity contribution in [2.24, 2.45) is 0 Å². The number of amides is 1. The molecule has 0 aromatic heterocycles. The van der Waals surface area contributed by atoms with Gasteiger partial charge in [0, 0.05) is 13.1 Å². The Hall–Kier alpha value is -1.27. The summed E-state index contributed by atoms with van der Waals surface area (Å²) in [5, 5.41) is 2.90. The maximum absolute atomic E-state index is 11.6. The average Bonchev–Trinajstić information content (AvgIpc) is 2.18. The Labute approximate surface area is 85.2 Å². The molecular weight excluding hydrogens is 176 g/mol. The topological polar surface area (TPSA) is 32.3 Å². The first-order chi connectivity index (χ1) is 6.74. The zero-order valence-corrected chi connectivity index (χ0v) is 8.55. The van der Waals surface area contributed by atoms with Gasteiger partial charge in [-0.1, -0.05) is 17.6 Å². The first-order valence-corrected chi connectivity index (χ1v) is 4.81. The lowest BCUT2D eigenvalue weighted by atomic mass is 10.1. The van der Waals surface area contributed by atoms with E-state index in [1.807, 2.05) is 11.8 Å². The van der Waals surface area contributed by atoms with Crippen molar-refractivity contribution in [1.29, 1.82) is 0 Å². The maximum atomic E-state index is 11.6. The first kappa shape index (κ1) is 10.8. The van der Waals surface area contributed by atoms with Crippen LogP contribution < -0.4 is 5.32 Å². The van der Waals surface area contributed by atoms with Gasteiger partial charge >= 0.3 is 0 Å². The van der Waals surface area contributed by atoms with Gasteiger partial charge in [0.1, 0.15) is 0 Å². The van der Waals surface area contributed by atoms with Crippen LogP contribution in [0.3, 0.4) is 0 Å². The minimum absolute atomic E-state index is 0.132. The molecule has 3 nitrogen and oxygen atoms in total. The fraction of sp³-hybridized carbons (Fsp3) is 0.545. The van der Waals surface area contributed by atoms with E-state index in [1.165, 1.54) is 5.57 Å². The van der Waals surface area contributed by atoms with Crippen LogP contribution in [0.5, 0.6) is 0 Å². The minimum atomic E-state index is 0.132. The van der Waals surface area contributed by atoms with Crippen molar-refractivity contribution in [2.75, 3.05) is 26.2 Å². The van der Waals surface area contributed by atoms with E-state index < -0.39 is 0 Å². The molecule has 0 fully saturated rings. The smallest absolute Gasteiger partial charge is 0.236 e. The highest BCUT2D eigenvalue weighted by atomic mass is 16.2. The number of rotatable bonds is 3. The number of hydrogen-bond donors (Lipinski definition) is 1. The Morgan fingerprint density at radius 3 is 3.21 bits per heavy atom.